The predicted molar refractivity (Wildman–Crippen MR) is 210 cm³/mol. The Kier molecular flexibility index (Phi) is 19.6. The summed E-state index contributed by atoms with van der Waals surface area (Å²) in [5.41, 5.74) is 11.2. The van der Waals surface area contributed by atoms with Crippen molar-refractivity contribution in [3.05, 3.63) is 29.8 Å². The Morgan fingerprint density at radius 3 is 1.98 bits per heavy atom. The highest BCUT2D eigenvalue weighted by atomic mass is 32.2. The first-order valence-corrected chi connectivity index (χ1v) is 21.2. The van der Waals surface area contributed by atoms with Crippen LogP contribution in [0, 0.1) is 5.92 Å². The lowest BCUT2D eigenvalue weighted by Gasteiger charge is -2.30. The molecule has 0 aliphatic carbocycles. The second-order valence-electron chi connectivity index (χ2n) is 14.1. The number of carbonyl (C=O) groups excluding carboxylic acids is 8. The van der Waals surface area contributed by atoms with Gasteiger partial charge in [0, 0.05) is 25.5 Å². The van der Waals surface area contributed by atoms with Crippen molar-refractivity contribution >= 4 is 66.8 Å². The summed E-state index contributed by atoms with van der Waals surface area (Å²) in [5, 5.41) is 22.9. The molecule has 0 aromatic heterocycles. The molecule has 0 radical (unpaired) electrons. The molecule has 1 fully saturated rings. The molecule has 1 aromatic rings. The van der Waals surface area contributed by atoms with Crippen molar-refractivity contribution in [2.45, 2.75) is 115 Å². The largest absolute Gasteiger partial charge is 0.524 e. The van der Waals surface area contributed by atoms with Gasteiger partial charge >= 0.3 is 7.82 Å². The Hall–Kier alpha value is -4.76. The molecule has 4 unspecified atom stereocenters. The number of phosphoric acid groups is 1. The van der Waals surface area contributed by atoms with Gasteiger partial charge in [-0.25, -0.2) is 4.57 Å². The lowest BCUT2D eigenvalue weighted by molar-refractivity contribution is -0.142. The SMILES string of the molecule is CCCC[C@H](NC(=O)C(Cc1ccc(OP(=O)(O)O)cc1)NC(C)=O)C(=O)N1CSC[C@H]1C(=O)N[C@@H](CCC(N)=O)C(=O)NC(C(=O)NC(C(N)=O)C(C)C)C(C)O. The van der Waals surface area contributed by atoms with Gasteiger partial charge in [0.05, 0.1) is 12.0 Å². The first-order valence-electron chi connectivity index (χ1n) is 18.5. The summed E-state index contributed by atoms with van der Waals surface area (Å²) in [6.07, 6.45) is -0.940. The zero-order valence-electron chi connectivity index (χ0n) is 33.0. The molecule has 23 heteroatoms. The van der Waals surface area contributed by atoms with Crippen LogP contribution in [0.25, 0.3) is 0 Å². The van der Waals surface area contributed by atoms with Gasteiger partial charge in [0.25, 0.3) is 0 Å². The van der Waals surface area contributed by atoms with E-state index < -0.39 is 103 Å². The van der Waals surface area contributed by atoms with Gasteiger partial charge in [0.1, 0.15) is 42.0 Å². The maximum atomic E-state index is 14.1. The highest BCUT2D eigenvalue weighted by Crippen LogP contribution is 2.37. The van der Waals surface area contributed by atoms with Gasteiger partial charge in [0.2, 0.25) is 47.3 Å². The van der Waals surface area contributed by atoms with E-state index in [1.54, 1.807) is 13.8 Å². The molecule has 21 nitrogen and oxygen atoms in total. The van der Waals surface area contributed by atoms with E-state index in [0.717, 1.165) is 0 Å². The van der Waals surface area contributed by atoms with Crippen LogP contribution in [0.2, 0.25) is 0 Å². The maximum absolute atomic E-state index is 14.1. The minimum atomic E-state index is -4.81. The van der Waals surface area contributed by atoms with Gasteiger partial charge < -0.3 is 52.6 Å². The smallest absolute Gasteiger partial charge is 0.404 e. The quantitative estimate of drug-likeness (QED) is 0.0534. The van der Waals surface area contributed by atoms with Crippen molar-refractivity contribution in [3.63, 3.8) is 0 Å². The normalized spacial score (nSPS) is 17.1. The van der Waals surface area contributed by atoms with E-state index in [2.05, 4.69) is 31.1 Å². The van der Waals surface area contributed by atoms with Crippen molar-refractivity contribution in [1.82, 2.24) is 31.5 Å². The minimum Gasteiger partial charge on any atom is -0.404 e. The molecular formula is C35H55N8O13PS. The van der Waals surface area contributed by atoms with Crippen molar-refractivity contribution in [3.8, 4) is 5.75 Å². The third kappa shape index (κ3) is 16.2. The van der Waals surface area contributed by atoms with Crippen molar-refractivity contribution in [2.75, 3.05) is 11.6 Å². The molecule has 7 atom stereocenters. The topological polar surface area (TPSA) is 339 Å². The molecule has 8 amide bonds. The third-order valence-corrected chi connectivity index (χ3v) is 10.3. The van der Waals surface area contributed by atoms with Gasteiger partial charge in [-0.05, 0) is 43.4 Å². The zero-order valence-corrected chi connectivity index (χ0v) is 34.7. The number of thioether (sulfide) groups is 1. The van der Waals surface area contributed by atoms with Crippen LogP contribution in [0.4, 0.5) is 0 Å². The Labute approximate surface area is 340 Å². The van der Waals surface area contributed by atoms with E-state index in [1.165, 1.54) is 54.8 Å². The number of aliphatic hydroxyl groups is 1. The zero-order chi connectivity index (χ0) is 43.9. The Bertz CT molecular complexity index is 1690. The molecule has 0 spiro atoms. The predicted octanol–water partition coefficient (Wildman–Crippen LogP) is -1.98. The van der Waals surface area contributed by atoms with E-state index in [-0.39, 0.29) is 43.1 Å². The molecule has 1 heterocycles. The maximum Gasteiger partial charge on any atom is 0.524 e. The average Bonchev–Trinajstić information content (AvgIpc) is 3.62. The van der Waals surface area contributed by atoms with Crippen molar-refractivity contribution in [2.24, 2.45) is 17.4 Å². The summed E-state index contributed by atoms with van der Waals surface area (Å²) in [4.78, 5) is 123. The van der Waals surface area contributed by atoms with E-state index in [9.17, 15) is 48.0 Å². The van der Waals surface area contributed by atoms with E-state index in [1.807, 2.05) is 6.92 Å². The number of phosphoric ester groups is 1. The van der Waals surface area contributed by atoms with Gasteiger partial charge in [-0.1, -0.05) is 45.7 Å². The molecule has 58 heavy (non-hydrogen) atoms. The molecule has 0 saturated carbocycles. The van der Waals surface area contributed by atoms with Crippen LogP contribution in [-0.4, -0.2) is 121 Å². The van der Waals surface area contributed by atoms with Crippen LogP contribution in [-0.2, 0) is 49.3 Å². The van der Waals surface area contributed by atoms with Crippen molar-refractivity contribution < 1.29 is 62.3 Å². The molecule has 1 aliphatic rings. The first-order chi connectivity index (χ1) is 27.0. The number of benzene rings is 1. The number of rotatable bonds is 23. The molecule has 2 rings (SSSR count). The number of primary amides is 2. The number of hydrogen-bond acceptors (Lipinski definition) is 12. The number of amides is 8. The van der Waals surface area contributed by atoms with Gasteiger partial charge in [0.15, 0.2) is 0 Å². The van der Waals surface area contributed by atoms with E-state index >= 15 is 0 Å². The molecule has 324 valence electrons. The number of carbonyl (C=O) groups is 8. The van der Waals surface area contributed by atoms with Crippen molar-refractivity contribution in [1.29, 1.82) is 0 Å². The van der Waals surface area contributed by atoms with Crippen LogP contribution < -0.4 is 42.6 Å². The summed E-state index contributed by atoms with van der Waals surface area (Å²) in [6, 6.07) is -2.24. The highest BCUT2D eigenvalue weighted by Gasteiger charge is 2.40. The molecule has 0 bridgehead atoms. The Balaban J connectivity index is 2.29. The standard InChI is InChI=1S/C35H55N8O13PS/c1-6-7-8-24(40-32(49)25(38-20(5)45)15-21-9-11-22(12-10-21)56-57(53,54)55)35(52)43-17-58-16-26(43)33(50)39-23(13-14-27(36)46)31(48)42-29(19(4)44)34(51)41-28(18(2)3)30(37)47/h9-12,18-19,23-26,28-29,44H,6-8,13-17H2,1-5H3,(H2,36,46)(H2,37,47)(H,38,45)(H,39,50)(H,40,49)(H,41,51)(H,42,48)(H2,53,54,55)/t19?,23-,24-,25?,26-,28?,29?/m0/s1. The second kappa shape index (κ2) is 23.0. The molecule has 1 aliphatic heterocycles. The van der Waals surface area contributed by atoms with Gasteiger partial charge in [-0.15, -0.1) is 11.8 Å². The van der Waals surface area contributed by atoms with Crippen LogP contribution >= 0.6 is 19.6 Å². The lowest BCUT2D eigenvalue weighted by Crippen LogP contribution is -2.61. The monoisotopic (exact) mass is 858 g/mol. The number of nitrogens with zero attached hydrogens (tertiary/aromatic N) is 1. The highest BCUT2D eigenvalue weighted by molar-refractivity contribution is 7.99. The number of hydrogen-bond donors (Lipinski definition) is 10. The molecular weight excluding hydrogens is 803 g/mol. The van der Waals surface area contributed by atoms with Gasteiger partial charge in [-0.3, -0.25) is 48.1 Å². The summed E-state index contributed by atoms with van der Waals surface area (Å²) in [7, 11) is -4.81. The van der Waals surface area contributed by atoms with E-state index in [0.29, 0.717) is 18.4 Å². The molecule has 1 saturated heterocycles. The number of unbranched alkanes of at least 4 members (excludes halogenated alkanes) is 1. The fourth-order valence-electron chi connectivity index (χ4n) is 5.82. The number of nitrogens with two attached hydrogens (primary N) is 2. The fourth-order valence-corrected chi connectivity index (χ4v) is 7.38. The summed E-state index contributed by atoms with van der Waals surface area (Å²) in [5.74, 6) is -6.66. The molecule has 12 N–H and O–H groups in total. The fraction of sp³-hybridized carbons (Fsp3) is 0.600. The lowest BCUT2D eigenvalue weighted by atomic mass is 10.0. The third-order valence-electron chi connectivity index (χ3n) is 8.86. The van der Waals surface area contributed by atoms with Crippen LogP contribution in [0.1, 0.15) is 72.3 Å². The number of aliphatic hydroxyl groups excluding tert-OH is 1. The minimum absolute atomic E-state index is 0.0346. The van der Waals surface area contributed by atoms with Crippen LogP contribution in [0.3, 0.4) is 0 Å². The van der Waals surface area contributed by atoms with Crippen LogP contribution in [0.5, 0.6) is 5.75 Å². The summed E-state index contributed by atoms with van der Waals surface area (Å²) < 4.78 is 15.7. The number of nitrogens with one attached hydrogen (secondary N) is 5. The van der Waals surface area contributed by atoms with Crippen LogP contribution in [0.15, 0.2) is 24.3 Å². The Morgan fingerprint density at radius 1 is 0.862 bits per heavy atom. The van der Waals surface area contributed by atoms with Gasteiger partial charge in [-0.2, -0.15) is 0 Å². The van der Waals surface area contributed by atoms with E-state index in [4.69, 9.17) is 21.3 Å². The first kappa shape index (κ1) is 49.4. The molecule has 1 aromatic carbocycles. The summed E-state index contributed by atoms with van der Waals surface area (Å²) >= 11 is 1.23. The average molecular weight is 859 g/mol. The summed E-state index contributed by atoms with van der Waals surface area (Å²) in [6.45, 7) is 7.53. The second-order valence-corrected chi connectivity index (χ2v) is 16.3. The Morgan fingerprint density at radius 2 is 1.47 bits per heavy atom.